The Labute approximate surface area is 296 Å². The number of fused-ring (bicyclic) bond motifs is 1. The summed E-state index contributed by atoms with van der Waals surface area (Å²) in [5.41, 5.74) is 1.34. The molecule has 0 saturated heterocycles. The van der Waals surface area contributed by atoms with Crippen molar-refractivity contribution < 1.29 is 23.2 Å². The van der Waals surface area contributed by atoms with Gasteiger partial charge in [0, 0.05) is 17.6 Å². The second kappa shape index (κ2) is 17.0. The standard InChI is InChI=1S/C38H60O5S2Si2/c1-37(2,3)46(8,9)42-30(21-20-29-18-14-17-28-16-12-13-19-31(28)29)22-23-32-34(45-25-15-24-44-27-35(40)41-7)26-33(39)36(32)43-47(10,11)38(4,5)6/h12-14,16-19,22-23,30,32,34,36H,15,20-21,24-27H2,1-11H3/t30-,32+,34+,36+/m0/s1. The first-order valence-corrected chi connectivity index (χ1v) is 25.2. The highest BCUT2D eigenvalue weighted by atomic mass is 32.2. The van der Waals surface area contributed by atoms with Crippen LogP contribution < -0.4 is 0 Å². The summed E-state index contributed by atoms with van der Waals surface area (Å²) in [6.07, 6.45) is 7.37. The second-order valence-corrected chi connectivity index (χ2v) is 27.9. The number of methoxy groups -OCH3 is 1. The van der Waals surface area contributed by atoms with E-state index in [0.717, 1.165) is 30.8 Å². The molecular weight excluding hydrogens is 657 g/mol. The van der Waals surface area contributed by atoms with E-state index >= 15 is 0 Å². The minimum atomic E-state index is -2.19. The van der Waals surface area contributed by atoms with Crippen molar-refractivity contribution in [1.29, 1.82) is 0 Å². The van der Waals surface area contributed by atoms with Gasteiger partial charge >= 0.3 is 5.97 Å². The number of Topliss-reactive ketones (excluding diaryl/α,β-unsaturated/α-hetero) is 1. The third kappa shape index (κ3) is 11.3. The molecule has 0 aliphatic heterocycles. The quantitative estimate of drug-likeness (QED) is 0.0742. The number of esters is 1. The van der Waals surface area contributed by atoms with Crippen LogP contribution >= 0.6 is 23.5 Å². The monoisotopic (exact) mass is 716 g/mol. The van der Waals surface area contributed by atoms with E-state index in [1.54, 1.807) is 11.8 Å². The first-order valence-electron chi connectivity index (χ1n) is 17.2. The van der Waals surface area contributed by atoms with Crippen molar-refractivity contribution in [3.63, 3.8) is 0 Å². The number of hydrogen-bond donors (Lipinski definition) is 0. The van der Waals surface area contributed by atoms with Gasteiger partial charge in [-0.05, 0) is 83.4 Å². The van der Waals surface area contributed by atoms with Crippen LogP contribution in [0.25, 0.3) is 10.8 Å². The Morgan fingerprint density at radius 2 is 1.62 bits per heavy atom. The predicted octanol–water partition coefficient (Wildman–Crippen LogP) is 10.1. The molecule has 0 aromatic heterocycles. The van der Waals surface area contributed by atoms with E-state index in [9.17, 15) is 9.59 Å². The van der Waals surface area contributed by atoms with Crippen molar-refractivity contribution in [2.75, 3.05) is 24.4 Å². The van der Waals surface area contributed by atoms with Crippen LogP contribution in [-0.4, -0.2) is 70.2 Å². The maximum absolute atomic E-state index is 13.7. The van der Waals surface area contributed by atoms with Crippen LogP contribution in [0.5, 0.6) is 0 Å². The average molecular weight is 717 g/mol. The molecule has 0 unspecified atom stereocenters. The molecular formula is C38H60O5S2Si2. The number of rotatable bonds is 16. The Balaban J connectivity index is 1.87. The molecule has 262 valence electrons. The van der Waals surface area contributed by atoms with Crippen molar-refractivity contribution in [1.82, 2.24) is 0 Å². The van der Waals surface area contributed by atoms with Gasteiger partial charge < -0.3 is 13.6 Å². The van der Waals surface area contributed by atoms with Gasteiger partial charge in [-0.1, -0.05) is 96.2 Å². The Hall–Kier alpha value is -1.37. The Morgan fingerprint density at radius 3 is 2.28 bits per heavy atom. The van der Waals surface area contributed by atoms with Gasteiger partial charge in [0.1, 0.15) is 6.10 Å². The molecule has 1 saturated carbocycles. The molecule has 1 fully saturated rings. The van der Waals surface area contributed by atoms with E-state index in [2.05, 4.69) is 122 Å². The lowest BCUT2D eigenvalue weighted by molar-refractivity contribution is -0.137. The van der Waals surface area contributed by atoms with Crippen molar-refractivity contribution >= 4 is 62.7 Å². The van der Waals surface area contributed by atoms with Gasteiger partial charge in [0.2, 0.25) is 0 Å². The van der Waals surface area contributed by atoms with Gasteiger partial charge in [-0.3, -0.25) is 9.59 Å². The van der Waals surface area contributed by atoms with Crippen LogP contribution in [0.15, 0.2) is 54.6 Å². The van der Waals surface area contributed by atoms with Crippen LogP contribution in [0.3, 0.4) is 0 Å². The van der Waals surface area contributed by atoms with Gasteiger partial charge in [-0.25, -0.2) is 0 Å². The maximum Gasteiger partial charge on any atom is 0.315 e. The van der Waals surface area contributed by atoms with Gasteiger partial charge in [-0.2, -0.15) is 23.5 Å². The smallest absolute Gasteiger partial charge is 0.315 e. The molecule has 5 nitrogen and oxygen atoms in total. The molecule has 9 heteroatoms. The summed E-state index contributed by atoms with van der Waals surface area (Å²) < 4.78 is 18.8. The largest absolute Gasteiger partial charge is 0.468 e. The van der Waals surface area contributed by atoms with Gasteiger partial charge in [0.05, 0.1) is 19.0 Å². The van der Waals surface area contributed by atoms with Crippen molar-refractivity contribution in [3.05, 3.63) is 60.2 Å². The second-order valence-electron chi connectivity index (χ2n) is 15.9. The molecule has 2 aromatic carbocycles. The summed E-state index contributed by atoms with van der Waals surface area (Å²) in [7, 11) is -2.83. The minimum absolute atomic E-state index is 0.00702. The van der Waals surface area contributed by atoms with E-state index < -0.39 is 22.7 Å². The number of benzene rings is 2. The number of carbonyl (C=O) groups is 2. The van der Waals surface area contributed by atoms with Crippen LogP contribution in [-0.2, 0) is 29.6 Å². The van der Waals surface area contributed by atoms with Crippen molar-refractivity contribution in [2.24, 2.45) is 5.92 Å². The highest BCUT2D eigenvalue weighted by Gasteiger charge is 2.48. The molecule has 2 aromatic rings. The number of ether oxygens (including phenoxy) is 1. The highest BCUT2D eigenvalue weighted by molar-refractivity contribution is 8.00. The Morgan fingerprint density at radius 1 is 0.957 bits per heavy atom. The summed E-state index contributed by atoms with van der Waals surface area (Å²) in [5.74, 6) is 2.24. The van der Waals surface area contributed by atoms with Crippen molar-refractivity contribution in [2.45, 2.75) is 121 Å². The minimum Gasteiger partial charge on any atom is -0.468 e. The molecule has 4 atom stereocenters. The maximum atomic E-state index is 13.7. The highest BCUT2D eigenvalue weighted by Crippen LogP contribution is 2.43. The lowest BCUT2D eigenvalue weighted by atomic mass is 9.98. The molecule has 1 aliphatic carbocycles. The third-order valence-electron chi connectivity index (χ3n) is 10.3. The van der Waals surface area contributed by atoms with E-state index in [-0.39, 0.29) is 39.1 Å². The van der Waals surface area contributed by atoms with Gasteiger partial charge in [0.15, 0.2) is 22.4 Å². The summed E-state index contributed by atoms with van der Waals surface area (Å²) in [6.45, 7) is 22.7. The lowest BCUT2D eigenvalue weighted by Gasteiger charge is -2.40. The SMILES string of the molecule is COC(=O)CSCCCS[C@@H]1CC(=O)[C@H](O[Si](C)(C)C(C)(C)C)[C@@H]1C=C[C@H](CCc1cccc2ccccc12)O[Si](C)(C)C(C)(C)C. The normalized spacial score (nSPS) is 20.3. The zero-order valence-electron chi connectivity index (χ0n) is 30.8. The molecule has 3 rings (SSSR count). The van der Waals surface area contributed by atoms with Crippen LogP contribution in [0.1, 0.15) is 66.4 Å². The number of ketones is 1. The fraction of sp³-hybridized carbons (Fsp3) is 0.632. The van der Waals surface area contributed by atoms with E-state index in [1.165, 1.54) is 23.4 Å². The summed E-state index contributed by atoms with van der Waals surface area (Å²) in [4.78, 5) is 25.1. The molecule has 0 radical (unpaired) electrons. The predicted molar refractivity (Wildman–Crippen MR) is 209 cm³/mol. The molecule has 1 aliphatic rings. The fourth-order valence-corrected chi connectivity index (χ4v) is 10.2. The van der Waals surface area contributed by atoms with Crippen LogP contribution in [0, 0.1) is 5.92 Å². The van der Waals surface area contributed by atoms with Crippen LogP contribution in [0.2, 0.25) is 36.3 Å². The Kier molecular flexibility index (Phi) is 14.5. The number of carbonyl (C=O) groups excluding carboxylic acids is 2. The van der Waals surface area contributed by atoms with E-state index in [0.29, 0.717) is 12.2 Å². The number of aryl methyl sites for hydroxylation is 1. The number of hydrogen-bond acceptors (Lipinski definition) is 7. The van der Waals surface area contributed by atoms with Crippen molar-refractivity contribution in [3.8, 4) is 0 Å². The molecule has 47 heavy (non-hydrogen) atoms. The fourth-order valence-electron chi connectivity index (χ4n) is 5.31. The first kappa shape index (κ1) is 40.1. The summed E-state index contributed by atoms with van der Waals surface area (Å²) in [5, 5.41) is 2.82. The van der Waals surface area contributed by atoms with E-state index in [1.807, 2.05) is 11.8 Å². The molecule has 0 heterocycles. The summed E-state index contributed by atoms with van der Waals surface area (Å²) in [6, 6.07) is 15.2. The molecule has 0 spiro atoms. The third-order valence-corrected chi connectivity index (χ3v) is 21.7. The Bertz CT molecular complexity index is 1360. The number of thioether (sulfide) groups is 2. The average Bonchev–Trinajstić information content (AvgIpc) is 3.27. The van der Waals surface area contributed by atoms with Gasteiger partial charge in [-0.15, -0.1) is 0 Å². The topological polar surface area (TPSA) is 61.8 Å². The zero-order valence-corrected chi connectivity index (χ0v) is 34.4. The molecule has 0 bridgehead atoms. The molecule has 0 N–H and O–H groups in total. The first-order chi connectivity index (χ1) is 21.9. The summed E-state index contributed by atoms with van der Waals surface area (Å²) >= 11 is 3.49. The van der Waals surface area contributed by atoms with Gasteiger partial charge in [0.25, 0.3) is 0 Å². The zero-order chi connectivity index (χ0) is 35.0. The molecule has 0 amide bonds. The lowest BCUT2D eigenvalue weighted by Crippen LogP contribution is -2.46. The van der Waals surface area contributed by atoms with Crippen LogP contribution in [0.4, 0.5) is 0 Å². The van der Waals surface area contributed by atoms with E-state index in [4.69, 9.17) is 13.6 Å².